The molecule has 0 radical (unpaired) electrons. The molecule has 20 heavy (non-hydrogen) atoms. The molecule has 1 saturated carbocycles. The van der Waals surface area contributed by atoms with Crippen LogP contribution in [-0.2, 0) is 14.3 Å². The number of hydrogen-bond acceptors (Lipinski definition) is 3. The number of nitrogens with zero attached hydrogens (tertiary/aromatic N) is 1. The van der Waals surface area contributed by atoms with E-state index in [2.05, 4.69) is 5.32 Å². The summed E-state index contributed by atoms with van der Waals surface area (Å²) in [7, 11) is 0. The van der Waals surface area contributed by atoms with Crippen LogP contribution in [0.4, 0.5) is 0 Å². The Morgan fingerprint density at radius 2 is 1.95 bits per heavy atom. The minimum atomic E-state index is -0.514. The van der Waals surface area contributed by atoms with Crippen LogP contribution >= 0.6 is 0 Å². The molecule has 0 aromatic carbocycles. The lowest BCUT2D eigenvalue weighted by Crippen LogP contribution is -2.56. The van der Waals surface area contributed by atoms with Crippen molar-refractivity contribution >= 4 is 11.8 Å². The highest BCUT2D eigenvalue weighted by Crippen LogP contribution is 2.40. The van der Waals surface area contributed by atoms with Gasteiger partial charge in [0, 0.05) is 13.0 Å². The molecule has 1 aliphatic heterocycles. The molecule has 1 aliphatic carbocycles. The van der Waals surface area contributed by atoms with Crippen molar-refractivity contribution in [1.29, 1.82) is 0 Å². The number of ether oxygens (including phenoxy) is 1. The Morgan fingerprint density at radius 1 is 1.25 bits per heavy atom. The fourth-order valence-electron chi connectivity index (χ4n) is 3.28. The smallest absolute Gasteiger partial charge is 0.245 e. The molecule has 0 aromatic heterocycles. The molecule has 1 N–H and O–H groups in total. The van der Waals surface area contributed by atoms with Crippen molar-refractivity contribution in [2.75, 3.05) is 13.2 Å². The van der Waals surface area contributed by atoms with E-state index in [0.717, 1.165) is 32.1 Å². The molecule has 0 aromatic rings. The van der Waals surface area contributed by atoms with Crippen LogP contribution in [0, 0.1) is 0 Å². The van der Waals surface area contributed by atoms with E-state index in [4.69, 9.17) is 4.74 Å². The molecule has 2 rings (SSSR count). The van der Waals surface area contributed by atoms with Crippen LogP contribution < -0.4 is 5.32 Å². The van der Waals surface area contributed by atoms with Gasteiger partial charge in [-0.25, -0.2) is 0 Å². The quantitative estimate of drug-likeness (QED) is 0.855. The van der Waals surface area contributed by atoms with Crippen molar-refractivity contribution in [2.45, 2.75) is 70.6 Å². The van der Waals surface area contributed by atoms with Crippen molar-refractivity contribution in [3.05, 3.63) is 0 Å². The lowest BCUT2D eigenvalue weighted by molar-refractivity contribution is -0.159. The van der Waals surface area contributed by atoms with Crippen molar-refractivity contribution in [2.24, 2.45) is 0 Å². The Bertz CT molecular complexity index is 364. The van der Waals surface area contributed by atoms with E-state index in [0.29, 0.717) is 19.6 Å². The van der Waals surface area contributed by atoms with Crippen molar-refractivity contribution in [1.82, 2.24) is 10.2 Å². The second kappa shape index (κ2) is 6.57. The second-order valence-electron chi connectivity index (χ2n) is 5.74. The third kappa shape index (κ3) is 2.82. The topological polar surface area (TPSA) is 58.6 Å². The zero-order chi connectivity index (χ0) is 14.6. The first-order valence-corrected chi connectivity index (χ1v) is 7.88. The van der Waals surface area contributed by atoms with E-state index in [1.54, 1.807) is 4.90 Å². The SMILES string of the molecule is CCCNC(=O)C1COC2(CCCCC2)N1C(=O)CC. The van der Waals surface area contributed by atoms with Gasteiger partial charge in [0.2, 0.25) is 11.8 Å². The van der Waals surface area contributed by atoms with Crippen LogP contribution in [0.3, 0.4) is 0 Å². The molecule has 5 heteroatoms. The summed E-state index contributed by atoms with van der Waals surface area (Å²) in [4.78, 5) is 26.4. The monoisotopic (exact) mass is 282 g/mol. The molecular weight excluding hydrogens is 256 g/mol. The number of nitrogens with one attached hydrogen (secondary N) is 1. The maximum Gasteiger partial charge on any atom is 0.245 e. The summed E-state index contributed by atoms with van der Waals surface area (Å²) in [5.74, 6) is -0.0443. The molecule has 1 heterocycles. The van der Waals surface area contributed by atoms with E-state index in [1.165, 1.54) is 6.42 Å². The predicted octanol–water partition coefficient (Wildman–Crippen LogP) is 1.81. The standard InChI is InChI=1S/C15H26N2O3/c1-3-10-16-14(19)12-11-20-15(8-6-5-7-9-15)17(12)13(18)4-2/h12H,3-11H2,1-2H3,(H,16,19). The number of carbonyl (C=O) groups excluding carboxylic acids is 2. The summed E-state index contributed by atoms with van der Waals surface area (Å²) in [5.41, 5.74) is -0.514. The molecule has 1 spiro atoms. The first-order chi connectivity index (χ1) is 9.64. The Labute approximate surface area is 121 Å². The highest BCUT2D eigenvalue weighted by Gasteiger charge is 2.52. The molecule has 5 nitrogen and oxygen atoms in total. The van der Waals surface area contributed by atoms with Gasteiger partial charge in [-0.2, -0.15) is 0 Å². The van der Waals surface area contributed by atoms with Crippen molar-refractivity contribution < 1.29 is 14.3 Å². The molecule has 0 bridgehead atoms. The predicted molar refractivity (Wildman–Crippen MR) is 76.0 cm³/mol. The Morgan fingerprint density at radius 3 is 2.55 bits per heavy atom. The van der Waals surface area contributed by atoms with Crippen LogP contribution in [0.15, 0.2) is 0 Å². The summed E-state index contributed by atoms with van der Waals surface area (Å²) in [5, 5.41) is 2.89. The van der Waals surface area contributed by atoms with Gasteiger partial charge in [0.15, 0.2) is 0 Å². The maximum atomic E-state index is 12.3. The summed E-state index contributed by atoms with van der Waals surface area (Å²) in [6.07, 6.45) is 6.35. The molecule has 2 aliphatic rings. The highest BCUT2D eigenvalue weighted by atomic mass is 16.5. The van der Waals surface area contributed by atoms with Gasteiger partial charge >= 0.3 is 0 Å². The second-order valence-corrected chi connectivity index (χ2v) is 5.74. The third-order valence-electron chi connectivity index (χ3n) is 4.32. The minimum Gasteiger partial charge on any atom is -0.354 e. The van der Waals surface area contributed by atoms with Gasteiger partial charge in [-0.1, -0.05) is 20.3 Å². The van der Waals surface area contributed by atoms with Crippen LogP contribution in [0.2, 0.25) is 0 Å². The lowest BCUT2D eigenvalue weighted by atomic mass is 9.90. The molecule has 1 unspecified atom stereocenters. The number of amides is 2. The summed E-state index contributed by atoms with van der Waals surface area (Å²) >= 11 is 0. The van der Waals surface area contributed by atoms with E-state index in [1.807, 2.05) is 13.8 Å². The van der Waals surface area contributed by atoms with Gasteiger partial charge < -0.3 is 10.1 Å². The van der Waals surface area contributed by atoms with Gasteiger partial charge in [-0.05, 0) is 32.1 Å². The highest BCUT2D eigenvalue weighted by molar-refractivity contribution is 5.88. The summed E-state index contributed by atoms with van der Waals surface area (Å²) in [6, 6.07) is -0.452. The number of carbonyl (C=O) groups is 2. The normalized spacial score (nSPS) is 24.9. The fraction of sp³-hybridized carbons (Fsp3) is 0.867. The van der Waals surface area contributed by atoms with Gasteiger partial charge in [-0.15, -0.1) is 0 Å². The van der Waals surface area contributed by atoms with E-state index in [-0.39, 0.29) is 11.8 Å². The number of rotatable bonds is 4. The maximum absolute atomic E-state index is 12.3. The number of hydrogen-bond donors (Lipinski definition) is 1. The molecule has 1 saturated heterocycles. The van der Waals surface area contributed by atoms with Crippen molar-refractivity contribution in [3.63, 3.8) is 0 Å². The van der Waals surface area contributed by atoms with Gasteiger partial charge in [0.1, 0.15) is 11.8 Å². The first kappa shape index (κ1) is 15.3. The summed E-state index contributed by atoms with van der Waals surface area (Å²) < 4.78 is 5.97. The zero-order valence-electron chi connectivity index (χ0n) is 12.6. The van der Waals surface area contributed by atoms with Crippen LogP contribution in [0.25, 0.3) is 0 Å². The van der Waals surface area contributed by atoms with Crippen LogP contribution in [0.1, 0.15) is 58.8 Å². The van der Waals surface area contributed by atoms with Gasteiger partial charge in [0.05, 0.1) is 6.61 Å². The van der Waals surface area contributed by atoms with E-state index < -0.39 is 11.8 Å². The van der Waals surface area contributed by atoms with E-state index in [9.17, 15) is 9.59 Å². The van der Waals surface area contributed by atoms with E-state index >= 15 is 0 Å². The Kier molecular flexibility index (Phi) is 5.02. The van der Waals surface area contributed by atoms with Crippen LogP contribution in [-0.4, -0.2) is 41.6 Å². The van der Waals surface area contributed by atoms with Crippen molar-refractivity contribution in [3.8, 4) is 0 Å². The molecule has 114 valence electrons. The molecule has 2 amide bonds. The first-order valence-electron chi connectivity index (χ1n) is 7.88. The lowest BCUT2D eigenvalue weighted by Gasteiger charge is -2.41. The van der Waals surface area contributed by atoms with Gasteiger partial charge in [-0.3, -0.25) is 14.5 Å². The average molecular weight is 282 g/mol. The third-order valence-corrected chi connectivity index (χ3v) is 4.32. The molecule has 1 atom stereocenters. The Hall–Kier alpha value is -1.10. The largest absolute Gasteiger partial charge is 0.354 e. The fourth-order valence-corrected chi connectivity index (χ4v) is 3.28. The van der Waals surface area contributed by atoms with Crippen LogP contribution in [0.5, 0.6) is 0 Å². The summed E-state index contributed by atoms with van der Waals surface area (Å²) in [6.45, 7) is 4.85. The minimum absolute atomic E-state index is 0.0287. The molecular formula is C15H26N2O3. The zero-order valence-corrected chi connectivity index (χ0v) is 12.6. The van der Waals surface area contributed by atoms with Gasteiger partial charge in [0.25, 0.3) is 0 Å². The average Bonchev–Trinajstić information content (AvgIpc) is 2.83. The molecule has 2 fully saturated rings. The Balaban J connectivity index is 2.16.